The van der Waals surface area contributed by atoms with Gasteiger partial charge in [0.2, 0.25) is 5.91 Å². The van der Waals surface area contributed by atoms with E-state index in [1.807, 2.05) is 6.08 Å². The minimum absolute atomic E-state index is 0.0971. The van der Waals surface area contributed by atoms with Gasteiger partial charge < -0.3 is 4.57 Å². The monoisotopic (exact) mass is 225 g/mol. The molecule has 2 nitrogen and oxygen atoms in total. The van der Waals surface area contributed by atoms with E-state index >= 15 is 0 Å². The first-order valence-electron chi connectivity index (χ1n) is 5.53. The van der Waals surface area contributed by atoms with Gasteiger partial charge in [-0.1, -0.05) is 39.9 Å². The highest BCUT2D eigenvalue weighted by molar-refractivity contribution is 6.80. The maximum absolute atomic E-state index is 11.8. The van der Waals surface area contributed by atoms with Crippen LogP contribution in [0.15, 0.2) is 12.7 Å². The summed E-state index contributed by atoms with van der Waals surface area (Å²) in [6.45, 7) is 17.2. The molecule has 1 atom stereocenters. The van der Waals surface area contributed by atoms with Gasteiger partial charge in [0.1, 0.15) is 0 Å². The largest absolute Gasteiger partial charge is 0.360 e. The number of carbonyl (C=O) groups excluding carboxylic acids is 1. The normalized spacial score (nSPS) is 27.6. The lowest BCUT2D eigenvalue weighted by molar-refractivity contribution is -0.142. The van der Waals surface area contributed by atoms with E-state index in [2.05, 4.69) is 51.9 Å². The van der Waals surface area contributed by atoms with Crippen molar-refractivity contribution in [2.75, 3.05) is 0 Å². The van der Waals surface area contributed by atoms with Crippen LogP contribution in [0.3, 0.4) is 0 Å². The van der Waals surface area contributed by atoms with Gasteiger partial charge in [-0.2, -0.15) is 0 Å². The van der Waals surface area contributed by atoms with E-state index in [0.29, 0.717) is 12.3 Å². The van der Waals surface area contributed by atoms with Crippen molar-refractivity contribution in [1.29, 1.82) is 0 Å². The van der Waals surface area contributed by atoms with Crippen LogP contribution in [-0.4, -0.2) is 24.2 Å². The minimum atomic E-state index is -1.73. The maximum Gasteiger partial charge on any atom is 0.218 e. The van der Waals surface area contributed by atoms with E-state index < -0.39 is 8.24 Å². The Morgan fingerprint density at radius 2 is 1.93 bits per heavy atom. The lowest BCUT2D eigenvalue weighted by Gasteiger charge is -2.59. The summed E-state index contributed by atoms with van der Waals surface area (Å²) in [4.78, 5) is 11.8. The fraction of sp³-hybridized carbons (Fsp3) is 0.750. The lowest BCUT2D eigenvalue weighted by Crippen LogP contribution is -2.73. The highest BCUT2D eigenvalue weighted by atomic mass is 28.3. The third kappa shape index (κ3) is 1.67. The van der Waals surface area contributed by atoms with E-state index in [1.54, 1.807) is 0 Å². The van der Waals surface area contributed by atoms with Crippen LogP contribution in [0.2, 0.25) is 18.1 Å². The second-order valence-electron chi connectivity index (χ2n) is 6.28. The zero-order valence-corrected chi connectivity index (χ0v) is 11.8. The molecule has 0 aliphatic carbocycles. The quantitative estimate of drug-likeness (QED) is 0.401. The van der Waals surface area contributed by atoms with Crippen LogP contribution in [0.5, 0.6) is 0 Å². The molecule has 0 radical (unpaired) electrons. The molecule has 0 aromatic heterocycles. The molecule has 0 N–H and O–H groups in total. The number of rotatable bonds is 2. The van der Waals surface area contributed by atoms with E-state index in [0.717, 1.165) is 0 Å². The van der Waals surface area contributed by atoms with Crippen LogP contribution in [0, 0.1) is 0 Å². The first-order valence-corrected chi connectivity index (χ1v) is 8.48. The lowest BCUT2D eigenvalue weighted by atomic mass is 9.90. The molecular formula is C12H23NOSi. The molecule has 1 aliphatic heterocycles. The Kier molecular flexibility index (Phi) is 2.67. The number of hydrogen-bond acceptors (Lipinski definition) is 1. The van der Waals surface area contributed by atoms with Gasteiger partial charge in [-0.3, -0.25) is 4.79 Å². The Morgan fingerprint density at radius 1 is 1.47 bits per heavy atom. The molecular weight excluding hydrogens is 202 g/mol. The summed E-state index contributed by atoms with van der Waals surface area (Å²) < 4.78 is 2.12. The molecule has 1 heterocycles. The number of β-lactam (4-membered cyclic amide) rings is 1. The van der Waals surface area contributed by atoms with Gasteiger partial charge in [0, 0.05) is 0 Å². The Morgan fingerprint density at radius 3 is 2.20 bits per heavy atom. The van der Waals surface area contributed by atoms with Crippen molar-refractivity contribution in [2.45, 2.75) is 57.8 Å². The van der Waals surface area contributed by atoms with E-state index in [-0.39, 0.29) is 10.6 Å². The summed E-state index contributed by atoms with van der Waals surface area (Å²) in [7, 11) is -1.73. The predicted octanol–water partition coefficient (Wildman–Crippen LogP) is 3.17. The number of amides is 1. The maximum atomic E-state index is 11.8. The van der Waals surface area contributed by atoms with Gasteiger partial charge in [-0.25, -0.2) is 0 Å². The first-order chi connectivity index (χ1) is 6.56. The topological polar surface area (TPSA) is 20.3 Å². The Hall–Kier alpha value is -0.573. The second kappa shape index (κ2) is 3.21. The number of hydrogen-bond donors (Lipinski definition) is 0. The smallest absolute Gasteiger partial charge is 0.218 e. The highest BCUT2D eigenvalue weighted by Gasteiger charge is 2.56. The molecule has 0 spiro atoms. The zero-order chi connectivity index (χ0) is 12.1. The molecule has 1 fully saturated rings. The molecule has 1 rings (SSSR count). The molecule has 3 heteroatoms. The van der Waals surface area contributed by atoms with Crippen LogP contribution in [-0.2, 0) is 4.79 Å². The first kappa shape index (κ1) is 12.5. The molecule has 0 aromatic carbocycles. The number of nitrogens with zero attached hydrogens (tertiary/aromatic N) is 1. The zero-order valence-electron chi connectivity index (χ0n) is 10.8. The Balaban J connectivity index is 3.07. The molecule has 1 amide bonds. The molecule has 0 bridgehead atoms. The molecule has 1 saturated heterocycles. The average Bonchev–Trinajstić information content (AvgIpc) is 1.99. The van der Waals surface area contributed by atoms with Crippen molar-refractivity contribution in [1.82, 2.24) is 4.57 Å². The van der Waals surface area contributed by atoms with Crippen LogP contribution >= 0.6 is 0 Å². The van der Waals surface area contributed by atoms with Crippen LogP contribution in [0.25, 0.3) is 0 Å². The van der Waals surface area contributed by atoms with Crippen LogP contribution in [0.4, 0.5) is 0 Å². The van der Waals surface area contributed by atoms with Crippen molar-refractivity contribution in [3.8, 4) is 0 Å². The SMILES string of the molecule is C=CC1(C)CC(=O)N1[Si](C)(C)C(C)(C)C. The van der Waals surface area contributed by atoms with Crippen LogP contribution < -0.4 is 0 Å². The summed E-state index contributed by atoms with van der Waals surface area (Å²) in [6, 6.07) is 0. The third-order valence-electron chi connectivity index (χ3n) is 4.10. The fourth-order valence-corrected chi connectivity index (χ4v) is 4.93. The standard InChI is InChI=1S/C12H23NOSi/c1-8-12(5)9-10(14)13(12)15(6,7)11(2,3)4/h8H,1,9H2,2-7H3. The molecule has 15 heavy (non-hydrogen) atoms. The van der Waals surface area contributed by atoms with Gasteiger partial charge in [0.05, 0.1) is 12.0 Å². The van der Waals surface area contributed by atoms with Crippen LogP contribution in [0.1, 0.15) is 34.1 Å². The summed E-state index contributed by atoms with van der Waals surface area (Å²) in [5.41, 5.74) is -0.0971. The van der Waals surface area contributed by atoms with Gasteiger partial charge in [0.25, 0.3) is 0 Å². The van der Waals surface area contributed by atoms with Crippen molar-refractivity contribution >= 4 is 14.1 Å². The summed E-state index contributed by atoms with van der Waals surface area (Å²) in [6.07, 6.45) is 2.55. The molecule has 0 aromatic rings. The summed E-state index contributed by atoms with van der Waals surface area (Å²) >= 11 is 0. The van der Waals surface area contributed by atoms with E-state index in [4.69, 9.17) is 0 Å². The van der Waals surface area contributed by atoms with Crippen molar-refractivity contribution in [3.63, 3.8) is 0 Å². The van der Waals surface area contributed by atoms with E-state index in [1.165, 1.54) is 0 Å². The summed E-state index contributed by atoms with van der Waals surface area (Å²) in [5.74, 6) is 0.295. The highest BCUT2D eigenvalue weighted by Crippen LogP contribution is 2.47. The molecule has 1 aliphatic rings. The molecule has 1 unspecified atom stereocenters. The number of carbonyl (C=O) groups is 1. The average molecular weight is 225 g/mol. The van der Waals surface area contributed by atoms with Gasteiger partial charge >= 0.3 is 0 Å². The van der Waals surface area contributed by atoms with Crippen molar-refractivity contribution in [2.24, 2.45) is 0 Å². The van der Waals surface area contributed by atoms with Gasteiger partial charge in [-0.15, -0.1) is 6.58 Å². The fourth-order valence-electron chi connectivity index (χ4n) is 2.11. The van der Waals surface area contributed by atoms with E-state index in [9.17, 15) is 4.79 Å². The molecule has 86 valence electrons. The van der Waals surface area contributed by atoms with Gasteiger partial charge in [0.15, 0.2) is 8.24 Å². The minimum Gasteiger partial charge on any atom is -0.360 e. The summed E-state index contributed by atoms with van der Waals surface area (Å²) in [5, 5.41) is 0.202. The van der Waals surface area contributed by atoms with Crippen molar-refractivity contribution < 1.29 is 4.79 Å². The van der Waals surface area contributed by atoms with Crippen molar-refractivity contribution in [3.05, 3.63) is 12.7 Å². The third-order valence-corrected chi connectivity index (χ3v) is 9.65. The second-order valence-corrected chi connectivity index (χ2v) is 11.3. The van der Waals surface area contributed by atoms with Gasteiger partial charge in [-0.05, 0) is 12.0 Å². The predicted molar refractivity (Wildman–Crippen MR) is 67.3 cm³/mol. The Labute approximate surface area is 94.4 Å². The Bertz CT molecular complexity index is 303. The molecule has 0 saturated carbocycles.